The van der Waals surface area contributed by atoms with Gasteiger partial charge in [0.2, 0.25) is 5.91 Å². The molecule has 1 aromatic rings. The van der Waals surface area contributed by atoms with Crippen LogP contribution in [-0.4, -0.2) is 48.9 Å². The number of likely N-dealkylation sites (tertiary alicyclic amines) is 1. The molecule has 0 bridgehead atoms. The average Bonchev–Trinajstić information content (AvgIpc) is 3.21. The van der Waals surface area contributed by atoms with E-state index in [0.29, 0.717) is 19.0 Å². The lowest BCUT2D eigenvalue weighted by molar-refractivity contribution is -0.132. The molecule has 2 aliphatic rings. The molecule has 0 spiro atoms. The number of rotatable bonds is 3. The maximum Gasteiger partial charge on any atom is 0.317 e. The van der Waals surface area contributed by atoms with E-state index in [-0.39, 0.29) is 23.9 Å². The van der Waals surface area contributed by atoms with Crippen molar-refractivity contribution in [1.82, 2.24) is 15.1 Å². The summed E-state index contributed by atoms with van der Waals surface area (Å²) >= 11 is 0. The molecule has 5 nitrogen and oxygen atoms in total. The van der Waals surface area contributed by atoms with Gasteiger partial charge >= 0.3 is 6.03 Å². The van der Waals surface area contributed by atoms with E-state index < -0.39 is 0 Å². The summed E-state index contributed by atoms with van der Waals surface area (Å²) in [6.45, 7) is 5.56. The summed E-state index contributed by atoms with van der Waals surface area (Å²) in [5.74, 6) is 0.533. The standard InChI is InChI=1S/C20H29N3O2/c1-13(2)15-6-5-14-7-8-18(17(14)11-15)21-20(25)23-10-9-16(12-23)19(24)22(3)4/h5-6,11,13,16,18H,7-10,12H2,1-4H3,(H,21,25). The Bertz CT molecular complexity index is 669. The van der Waals surface area contributed by atoms with Crippen LogP contribution in [0.3, 0.4) is 0 Å². The van der Waals surface area contributed by atoms with Crippen molar-refractivity contribution in [2.45, 2.75) is 45.1 Å². The number of amides is 3. The highest BCUT2D eigenvalue weighted by molar-refractivity contribution is 5.81. The zero-order valence-corrected chi connectivity index (χ0v) is 15.7. The zero-order valence-electron chi connectivity index (χ0n) is 15.7. The van der Waals surface area contributed by atoms with Crippen LogP contribution in [0.1, 0.15) is 55.3 Å². The van der Waals surface area contributed by atoms with Crippen LogP contribution >= 0.6 is 0 Å². The highest BCUT2D eigenvalue weighted by atomic mass is 16.2. The van der Waals surface area contributed by atoms with Crippen molar-refractivity contribution in [3.63, 3.8) is 0 Å². The molecule has 136 valence electrons. The average molecular weight is 343 g/mol. The summed E-state index contributed by atoms with van der Waals surface area (Å²) in [7, 11) is 3.54. The predicted molar refractivity (Wildman–Crippen MR) is 98.5 cm³/mol. The van der Waals surface area contributed by atoms with Crippen LogP contribution in [0.4, 0.5) is 4.79 Å². The van der Waals surface area contributed by atoms with Gasteiger partial charge in [-0.15, -0.1) is 0 Å². The van der Waals surface area contributed by atoms with Crippen LogP contribution in [-0.2, 0) is 11.2 Å². The minimum Gasteiger partial charge on any atom is -0.349 e. The first-order valence-electron chi connectivity index (χ1n) is 9.26. The second-order valence-electron chi connectivity index (χ2n) is 7.82. The van der Waals surface area contributed by atoms with Crippen LogP contribution in [0.2, 0.25) is 0 Å². The third-order valence-electron chi connectivity index (χ3n) is 5.48. The van der Waals surface area contributed by atoms with Crippen molar-refractivity contribution in [2.24, 2.45) is 5.92 Å². The Morgan fingerprint density at radius 3 is 2.68 bits per heavy atom. The normalized spacial score (nSPS) is 22.2. The van der Waals surface area contributed by atoms with Crippen molar-refractivity contribution >= 4 is 11.9 Å². The minimum absolute atomic E-state index is 0.0399. The quantitative estimate of drug-likeness (QED) is 0.917. The van der Waals surface area contributed by atoms with E-state index in [1.807, 2.05) is 0 Å². The van der Waals surface area contributed by atoms with Gasteiger partial charge in [-0.05, 0) is 41.9 Å². The molecule has 5 heteroatoms. The summed E-state index contributed by atoms with van der Waals surface area (Å²) in [6, 6.07) is 6.70. The van der Waals surface area contributed by atoms with Crippen molar-refractivity contribution in [2.75, 3.05) is 27.2 Å². The molecule has 3 rings (SSSR count). The molecule has 1 aliphatic heterocycles. The van der Waals surface area contributed by atoms with Gasteiger partial charge in [0.1, 0.15) is 0 Å². The SMILES string of the molecule is CC(C)c1ccc2c(c1)C(NC(=O)N1CCC(C(=O)N(C)C)C1)CC2. The fourth-order valence-electron chi connectivity index (χ4n) is 3.88. The van der Waals surface area contributed by atoms with Crippen LogP contribution in [0, 0.1) is 5.92 Å². The van der Waals surface area contributed by atoms with E-state index >= 15 is 0 Å². The van der Waals surface area contributed by atoms with Gasteiger partial charge in [-0.1, -0.05) is 32.0 Å². The molecule has 1 aromatic carbocycles. The molecule has 1 aliphatic carbocycles. The molecular formula is C20H29N3O2. The van der Waals surface area contributed by atoms with E-state index in [0.717, 1.165) is 19.3 Å². The van der Waals surface area contributed by atoms with Gasteiger partial charge in [-0.2, -0.15) is 0 Å². The largest absolute Gasteiger partial charge is 0.349 e. The summed E-state index contributed by atoms with van der Waals surface area (Å²) in [5, 5.41) is 3.19. The van der Waals surface area contributed by atoms with E-state index in [2.05, 4.69) is 37.4 Å². The maximum atomic E-state index is 12.7. The monoisotopic (exact) mass is 343 g/mol. The lowest BCUT2D eigenvalue weighted by Gasteiger charge is -2.22. The second-order valence-corrected chi connectivity index (χ2v) is 7.82. The molecule has 0 aromatic heterocycles. The van der Waals surface area contributed by atoms with Crippen LogP contribution in [0.5, 0.6) is 0 Å². The number of hydrogen-bond donors (Lipinski definition) is 1. The van der Waals surface area contributed by atoms with Gasteiger partial charge in [0.05, 0.1) is 12.0 Å². The fraction of sp³-hybridized carbons (Fsp3) is 0.600. The Hall–Kier alpha value is -2.04. The zero-order chi connectivity index (χ0) is 18.1. The number of hydrogen-bond acceptors (Lipinski definition) is 2. The Labute approximate surface area is 150 Å². The Kier molecular flexibility index (Phi) is 5.02. The number of aryl methyl sites for hydroxylation is 1. The maximum absolute atomic E-state index is 12.7. The number of urea groups is 1. The highest BCUT2D eigenvalue weighted by Gasteiger charge is 2.33. The van der Waals surface area contributed by atoms with Gasteiger partial charge in [0, 0.05) is 27.2 Å². The molecule has 2 atom stereocenters. The van der Waals surface area contributed by atoms with Gasteiger partial charge in [-0.3, -0.25) is 4.79 Å². The van der Waals surface area contributed by atoms with E-state index in [4.69, 9.17) is 0 Å². The first kappa shape index (κ1) is 17.8. The molecule has 0 saturated carbocycles. The predicted octanol–water partition coefficient (Wildman–Crippen LogP) is 2.92. The van der Waals surface area contributed by atoms with Gasteiger partial charge < -0.3 is 15.1 Å². The number of nitrogens with one attached hydrogen (secondary N) is 1. The van der Waals surface area contributed by atoms with Crippen molar-refractivity contribution in [1.29, 1.82) is 0 Å². The van der Waals surface area contributed by atoms with Crippen LogP contribution in [0.15, 0.2) is 18.2 Å². The number of fused-ring (bicyclic) bond motifs is 1. The second kappa shape index (κ2) is 7.06. The smallest absolute Gasteiger partial charge is 0.317 e. The Morgan fingerprint density at radius 2 is 2.00 bits per heavy atom. The van der Waals surface area contributed by atoms with Crippen molar-refractivity contribution in [3.8, 4) is 0 Å². The first-order valence-corrected chi connectivity index (χ1v) is 9.26. The lowest BCUT2D eigenvalue weighted by Crippen LogP contribution is -2.41. The Balaban J connectivity index is 1.64. The minimum atomic E-state index is -0.0656. The molecule has 1 saturated heterocycles. The van der Waals surface area contributed by atoms with Crippen molar-refractivity contribution < 1.29 is 9.59 Å². The topological polar surface area (TPSA) is 52.7 Å². The number of carbonyl (C=O) groups is 2. The summed E-state index contributed by atoms with van der Waals surface area (Å²) < 4.78 is 0. The van der Waals surface area contributed by atoms with Gasteiger partial charge in [0.25, 0.3) is 0 Å². The summed E-state index contributed by atoms with van der Waals surface area (Å²) in [6.07, 6.45) is 2.72. The summed E-state index contributed by atoms with van der Waals surface area (Å²) in [5.41, 5.74) is 3.93. The van der Waals surface area contributed by atoms with Crippen LogP contribution in [0.25, 0.3) is 0 Å². The lowest BCUT2D eigenvalue weighted by atomic mass is 9.97. The van der Waals surface area contributed by atoms with E-state index in [1.54, 1.807) is 23.9 Å². The fourth-order valence-corrected chi connectivity index (χ4v) is 3.88. The highest BCUT2D eigenvalue weighted by Crippen LogP contribution is 2.33. The van der Waals surface area contributed by atoms with E-state index in [9.17, 15) is 9.59 Å². The molecule has 2 unspecified atom stereocenters. The third-order valence-corrected chi connectivity index (χ3v) is 5.48. The molecule has 1 heterocycles. The molecule has 3 amide bonds. The number of nitrogens with zero attached hydrogens (tertiary/aromatic N) is 2. The molecule has 0 radical (unpaired) electrons. The molecule has 1 N–H and O–H groups in total. The van der Waals surface area contributed by atoms with Gasteiger partial charge in [0.15, 0.2) is 0 Å². The third kappa shape index (κ3) is 3.65. The van der Waals surface area contributed by atoms with Gasteiger partial charge in [-0.25, -0.2) is 4.79 Å². The molecular weight excluding hydrogens is 314 g/mol. The molecule has 1 fully saturated rings. The van der Waals surface area contributed by atoms with E-state index in [1.165, 1.54) is 16.7 Å². The number of carbonyl (C=O) groups excluding carboxylic acids is 2. The number of benzene rings is 1. The molecule has 25 heavy (non-hydrogen) atoms. The summed E-state index contributed by atoms with van der Waals surface area (Å²) in [4.78, 5) is 28.2. The van der Waals surface area contributed by atoms with Crippen molar-refractivity contribution in [3.05, 3.63) is 34.9 Å². The Morgan fingerprint density at radius 1 is 1.24 bits per heavy atom. The first-order chi connectivity index (χ1) is 11.9. The van der Waals surface area contributed by atoms with Crippen LogP contribution < -0.4 is 5.32 Å².